The number of aromatic nitrogens is 2. The van der Waals surface area contributed by atoms with Gasteiger partial charge in [-0.1, -0.05) is 6.07 Å². The van der Waals surface area contributed by atoms with Crippen molar-refractivity contribution in [3.8, 4) is 6.07 Å². The number of alkyl carbamates (subject to hydrolysis) is 1. The molecule has 1 fully saturated rings. The van der Waals surface area contributed by atoms with E-state index in [0.717, 1.165) is 41.8 Å². The summed E-state index contributed by atoms with van der Waals surface area (Å²) >= 11 is 0. The zero-order valence-corrected chi connectivity index (χ0v) is 17.2. The van der Waals surface area contributed by atoms with Crippen LogP contribution in [0.25, 0.3) is 0 Å². The Morgan fingerprint density at radius 1 is 1.33 bits per heavy atom. The lowest BCUT2D eigenvalue weighted by molar-refractivity contribution is 0.0981. The van der Waals surface area contributed by atoms with Crippen LogP contribution in [0.5, 0.6) is 0 Å². The molecule has 0 spiro atoms. The number of nitriles is 1. The second kappa shape index (κ2) is 8.00. The number of ether oxygens (including phenoxy) is 1. The molecule has 4 N–H and O–H groups in total. The molecular weight excluding hydrogens is 382 g/mol. The van der Waals surface area contributed by atoms with E-state index >= 15 is 0 Å². The molecule has 2 aromatic rings. The van der Waals surface area contributed by atoms with Crippen molar-refractivity contribution >= 4 is 17.6 Å². The molecule has 8 nitrogen and oxygen atoms in total. The molecule has 8 heteroatoms. The van der Waals surface area contributed by atoms with E-state index in [1.165, 1.54) is 0 Å². The molecule has 0 radical (unpaired) electrons. The number of amides is 1. The highest BCUT2D eigenvalue weighted by Crippen LogP contribution is 2.36. The third-order valence-corrected chi connectivity index (χ3v) is 5.75. The molecule has 1 heterocycles. The molecule has 158 valence electrons. The lowest BCUT2D eigenvalue weighted by atomic mass is 10.0. The first-order chi connectivity index (χ1) is 14.3. The quantitative estimate of drug-likeness (QED) is 0.562. The average Bonchev–Trinajstić information content (AvgIpc) is 3.39. The maximum Gasteiger partial charge on any atom is 0.407 e. The van der Waals surface area contributed by atoms with E-state index in [9.17, 15) is 9.90 Å². The summed E-state index contributed by atoms with van der Waals surface area (Å²) in [5, 5.41) is 32.9. The van der Waals surface area contributed by atoms with Gasteiger partial charge in [0.15, 0.2) is 11.4 Å². The molecule has 1 saturated carbocycles. The Labute approximate surface area is 175 Å². The monoisotopic (exact) mass is 409 g/mol. The Kier molecular flexibility index (Phi) is 5.39. The second-order valence-electron chi connectivity index (χ2n) is 8.65. The van der Waals surface area contributed by atoms with Crippen molar-refractivity contribution in [2.24, 2.45) is 0 Å². The first-order valence-electron chi connectivity index (χ1n) is 10.4. The number of H-pyrrole nitrogens is 1. The van der Waals surface area contributed by atoms with Gasteiger partial charge in [0, 0.05) is 42.2 Å². The van der Waals surface area contributed by atoms with Crippen molar-refractivity contribution < 1.29 is 14.6 Å². The summed E-state index contributed by atoms with van der Waals surface area (Å²) in [5.41, 5.74) is 2.58. The van der Waals surface area contributed by atoms with Crippen molar-refractivity contribution in [3.63, 3.8) is 0 Å². The molecule has 1 aromatic carbocycles. The van der Waals surface area contributed by atoms with Gasteiger partial charge in [-0.3, -0.25) is 5.10 Å². The van der Waals surface area contributed by atoms with Crippen LogP contribution in [0.2, 0.25) is 0 Å². The predicted octanol–water partition coefficient (Wildman–Crippen LogP) is 3.28. The van der Waals surface area contributed by atoms with Gasteiger partial charge in [0.05, 0.1) is 6.07 Å². The maximum atomic E-state index is 11.8. The number of aliphatic hydroxyl groups is 1. The molecule has 0 bridgehead atoms. The minimum atomic E-state index is -1.30. The van der Waals surface area contributed by atoms with Gasteiger partial charge in [-0.2, -0.15) is 10.4 Å². The Hall–Kier alpha value is -3.05. The van der Waals surface area contributed by atoms with Gasteiger partial charge >= 0.3 is 6.09 Å². The molecule has 2 aliphatic rings. The summed E-state index contributed by atoms with van der Waals surface area (Å²) < 4.78 is 5.50. The van der Waals surface area contributed by atoms with E-state index in [0.29, 0.717) is 18.7 Å². The highest BCUT2D eigenvalue weighted by atomic mass is 16.6. The standard InChI is InChI=1S/C22H27N5O3/c1-13(2)24-21(28)30-18-6-4-14(8-18)19-9-20(27-26-19)25-17-5-3-15-10-22(29,12-23)11-16(15)7-17/h3,5,7,9,13-14,18,29H,4,6,8,10-11H2,1-2H3,(H,24,28)(H2,25,26,27)/t14-,18+,22?/m0/s1. The summed E-state index contributed by atoms with van der Waals surface area (Å²) in [6.45, 7) is 3.81. The zero-order valence-electron chi connectivity index (χ0n) is 17.2. The number of fused-ring (bicyclic) bond motifs is 1. The molecule has 1 aromatic heterocycles. The number of hydrogen-bond acceptors (Lipinski definition) is 6. The van der Waals surface area contributed by atoms with E-state index < -0.39 is 5.60 Å². The van der Waals surface area contributed by atoms with Crippen LogP contribution < -0.4 is 10.6 Å². The van der Waals surface area contributed by atoms with Gasteiger partial charge in [0.2, 0.25) is 0 Å². The van der Waals surface area contributed by atoms with Crippen LogP contribution in [0.15, 0.2) is 24.3 Å². The average molecular weight is 409 g/mol. The van der Waals surface area contributed by atoms with Crippen LogP contribution in [0.4, 0.5) is 16.3 Å². The van der Waals surface area contributed by atoms with Crippen LogP contribution in [0.1, 0.15) is 55.8 Å². The van der Waals surface area contributed by atoms with Crippen LogP contribution in [-0.4, -0.2) is 39.1 Å². The molecule has 1 unspecified atom stereocenters. The van der Waals surface area contributed by atoms with Gasteiger partial charge in [-0.25, -0.2) is 4.79 Å². The van der Waals surface area contributed by atoms with Crippen LogP contribution in [-0.2, 0) is 17.6 Å². The van der Waals surface area contributed by atoms with Gasteiger partial charge in [0.25, 0.3) is 0 Å². The van der Waals surface area contributed by atoms with Gasteiger partial charge in [0.1, 0.15) is 6.10 Å². The third kappa shape index (κ3) is 4.41. The lowest BCUT2D eigenvalue weighted by Crippen LogP contribution is -2.33. The largest absolute Gasteiger partial charge is 0.446 e. The van der Waals surface area contributed by atoms with E-state index in [4.69, 9.17) is 10.00 Å². The van der Waals surface area contributed by atoms with Crippen LogP contribution in [0, 0.1) is 11.3 Å². The van der Waals surface area contributed by atoms with Gasteiger partial charge in [-0.05, 0) is 56.4 Å². The molecule has 0 saturated heterocycles. The highest BCUT2D eigenvalue weighted by Gasteiger charge is 2.35. The summed E-state index contributed by atoms with van der Waals surface area (Å²) in [7, 11) is 0. The van der Waals surface area contributed by atoms with Gasteiger partial charge in [-0.15, -0.1) is 0 Å². The maximum absolute atomic E-state index is 11.8. The number of aromatic amines is 1. The van der Waals surface area contributed by atoms with Crippen molar-refractivity contribution in [1.82, 2.24) is 15.5 Å². The zero-order chi connectivity index (χ0) is 21.3. The predicted molar refractivity (Wildman–Crippen MR) is 111 cm³/mol. The topological polar surface area (TPSA) is 123 Å². The molecule has 1 amide bonds. The van der Waals surface area contributed by atoms with E-state index in [-0.39, 0.29) is 24.2 Å². The second-order valence-corrected chi connectivity index (χ2v) is 8.65. The number of nitrogens with one attached hydrogen (secondary N) is 3. The fourth-order valence-electron chi connectivity index (χ4n) is 4.32. The van der Waals surface area contributed by atoms with E-state index in [1.54, 1.807) is 0 Å². The summed E-state index contributed by atoms with van der Waals surface area (Å²) in [4.78, 5) is 11.8. The molecule has 0 aliphatic heterocycles. The fourth-order valence-corrected chi connectivity index (χ4v) is 4.32. The normalized spacial score (nSPS) is 25.0. The van der Waals surface area contributed by atoms with Crippen molar-refractivity contribution in [2.45, 2.75) is 69.6 Å². The third-order valence-electron chi connectivity index (χ3n) is 5.75. The molecule has 2 aliphatic carbocycles. The molecule has 30 heavy (non-hydrogen) atoms. The molecule has 4 rings (SSSR count). The van der Waals surface area contributed by atoms with E-state index in [2.05, 4.69) is 20.8 Å². The SMILES string of the molecule is CC(C)NC(=O)O[C@@H]1CC[C@H](c2cc(Nc3ccc4c(c3)CC(O)(C#N)C4)n[nH]2)C1. The summed E-state index contributed by atoms with van der Waals surface area (Å²) in [5.74, 6) is 0.982. The summed E-state index contributed by atoms with van der Waals surface area (Å²) in [6.07, 6.45) is 2.82. The fraction of sp³-hybridized carbons (Fsp3) is 0.500. The first kappa shape index (κ1) is 20.2. The Balaban J connectivity index is 1.35. The van der Waals surface area contributed by atoms with E-state index in [1.807, 2.05) is 44.2 Å². The minimum absolute atomic E-state index is 0.0591. The van der Waals surface area contributed by atoms with Crippen LogP contribution in [0.3, 0.4) is 0 Å². The molecule has 3 atom stereocenters. The van der Waals surface area contributed by atoms with Gasteiger partial charge < -0.3 is 20.5 Å². The number of anilines is 2. The lowest BCUT2D eigenvalue weighted by Gasteiger charge is -2.14. The Bertz CT molecular complexity index is 979. The van der Waals surface area contributed by atoms with Crippen LogP contribution >= 0.6 is 0 Å². The highest BCUT2D eigenvalue weighted by molar-refractivity contribution is 5.67. The Morgan fingerprint density at radius 2 is 2.13 bits per heavy atom. The number of rotatable bonds is 5. The number of carbonyl (C=O) groups is 1. The number of hydrogen-bond donors (Lipinski definition) is 4. The number of nitrogens with zero attached hydrogens (tertiary/aromatic N) is 2. The van der Waals surface area contributed by atoms with Crippen molar-refractivity contribution in [2.75, 3.05) is 5.32 Å². The smallest absolute Gasteiger partial charge is 0.407 e. The Morgan fingerprint density at radius 3 is 2.90 bits per heavy atom. The number of benzene rings is 1. The first-order valence-corrected chi connectivity index (χ1v) is 10.4. The summed E-state index contributed by atoms with van der Waals surface area (Å²) in [6, 6.07) is 9.89. The minimum Gasteiger partial charge on any atom is -0.446 e. The van der Waals surface area contributed by atoms with Crippen molar-refractivity contribution in [1.29, 1.82) is 5.26 Å². The van der Waals surface area contributed by atoms with Crippen molar-refractivity contribution in [3.05, 3.63) is 41.1 Å². The number of carbonyl (C=O) groups excluding carboxylic acids is 1. The molecular formula is C22H27N5O3.